The van der Waals surface area contributed by atoms with E-state index in [4.69, 9.17) is 0 Å². The molecule has 1 fully saturated rings. The van der Waals surface area contributed by atoms with Gasteiger partial charge in [0.15, 0.2) is 9.84 Å². The van der Waals surface area contributed by atoms with Gasteiger partial charge in [-0.1, -0.05) is 6.07 Å². The lowest BCUT2D eigenvalue weighted by molar-refractivity contribution is -0.122. The van der Waals surface area contributed by atoms with Crippen LogP contribution in [0.4, 0.5) is 0 Å². The Kier molecular flexibility index (Phi) is 5.13. The number of hydrogen-bond acceptors (Lipinski definition) is 4. The SMILES string of the molecule is CCN(CC(=O)NC1CCS(=O)(=O)C1)C(=O)c1ccc2c(c1)CCC2. The standard InChI is InChI=1S/C18H24N2O4S/c1-2-20(11-17(21)19-16-8-9-25(23,24)12-16)18(22)15-7-6-13-4-3-5-14(13)10-15/h6-7,10,16H,2-5,8-9,11-12H2,1H3,(H,19,21). The van der Waals surface area contributed by atoms with Crippen molar-refractivity contribution in [2.24, 2.45) is 0 Å². The van der Waals surface area contributed by atoms with E-state index in [0.29, 0.717) is 18.5 Å². The number of amides is 2. The molecule has 0 radical (unpaired) electrons. The van der Waals surface area contributed by atoms with Crippen molar-refractivity contribution in [2.45, 2.75) is 38.6 Å². The van der Waals surface area contributed by atoms with Crippen LogP contribution in [0.1, 0.15) is 41.3 Å². The topological polar surface area (TPSA) is 83.6 Å². The maximum Gasteiger partial charge on any atom is 0.254 e. The fraction of sp³-hybridized carbons (Fsp3) is 0.556. The van der Waals surface area contributed by atoms with Gasteiger partial charge in [-0.25, -0.2) is 8.42 Å². The largest absolute Gasteiger partial charge is 0.351 e. The number of benzene rings is 1. The van der Waals surface area contributed by atoms with Crippen molar-refractivity contribution in [3.63, 3.8) is 0 Å². The summed E-state index contributed by atoms with van der Waals surface area (Å²) in [7, 11) is -3.04. The Morgan fingerprint density at radius 3 is 2.68 bits per heavy atom. The third-order valence-corrected chi connectivity index (χ3v) is 6.71. The number of carbonyl (C=O) groups is 2. The van der Waals surface area contributed by atoms with E-state index >= 15 is 0 Å². The van der Waals surface area contributed by atoms with Gasteiger partial charge in [0.1, 0.15) is 0 Å². The van der Waals surface area contributed by atoms with E-state index in [1.807, 2.05) is 25.1 Å². The second kappa shape index (κ2) is 7.15. The lowest BCUT2D eigenvalue weighted by Crippen LogP contribution is -2.44. The van der Waals surface area contributed by atoms with Gasteiger partial charge in [-0.3, -0.25) is 9.59 Å². The lowest BCUT2D eigenvalue weighted by atomic mass is 10.1. The second-order valence-corrected chi connectivity index (χ2v) is 9.05. The summed E-state index contributed by atoms with van der Waals surface area (Å²) in [6.45, 7) is 2.20. The van der Waals surface area contributed by atoms with E-state index in [9.17, 15) is 18.0 Å². The number of nitrogens with zero attached hydrogens (tertiary/aromatic N) is 1. The van der Waals surface area contributed by atoms with Crippen molar-refractivity contribution < 1.29 is 18.0 Å². The van der Waals surface area contributed by atoms with Gasteiger partial charge in [0.05, 0.1) is 18.1 Å². The molecule has 1 unspecified atom stereocenters. The Labute approximate surface area is 148 Å². The highest BCUT2D eigenvalue weighted by Crippen LogP contribution is 2.23. The monoisotopic (exact) mass is 364 g/mol. The zero-order valence-electron chi connectivity index (χ0n) is 14.5. The summed E-state index contributed by atoms with van der Waals surface area (Å²) in [5.74, 6) is -0.363. The first-order valence-electron chi connectivity index (χ1n) is 8.79. The minimum Gasteiger partial charge on any atom is -0.351 e. The molecule has 1 saturated heterocycles. The molecular formula is C18H24N2O4S. The Morgan fingerprint density at radius 2 is 2.00 bits per heavy atom. The van der Waals surface area contributed by atoms with Gasteiger partial charge in [0.25, 0.3) is 5.91 Å². The smallest absolute Gasteiger partial charge is 0.254 e. The van der Waals surface area contributed by atoms with Crippen molar-refractivity contribution in [3.8, 4) is 0 Å². The molecule has 1 aliphatic carbocycles. The summed E-state index contributed by atoms with van der Waals surface area (Å²) in [5, 5.41) is 2.74. The first-order chi connectivity index (χ1) is 11.9. The molecule has 0 spiro atoms. The normalized spacial score (nSPS) is 20.9. The zero-order valence-corrected chi connectivity index (χ0v) is 15.3. The number of nitrogens with one attached hydrogen (secondary N) is 1. The molecule has 2 aliphatic rings. The van der Waals surface area contributed by atoms with Gasteiger partial charge >= 0.3 is 0 Å². The van der Waals surface area contributed by atoms with Crippen LogP contribution >= 0.6 is 0 Å². The number of hydrogen-bond donors (Lipinski definition) is 1. The molecule has 2 amide bonds. The van der Waals surface area contributed by atoms with Crippen LogP contribution in [0.5, 0.6) is 0 Å². The zero-order chi connectivity index (χ0) is 18.0. The Bertz CT molecular complexity index is 788. The maximum absolute atomic E-state index is 12.7. The Morgan fingerprint density at radius 1 is 1.24 bits per heavy atom. The molecule has 0 aromatic heterocycles. The van der Waals surface area contributed by atoms with Gasteiger partial charge in [-0.15, -0.1) is 0 Å². The quantitative estimate of drug-likeness (QED) is 0.843. The van der Waals surface area contributed by atoms with Gasteiger partial charge in [0, 0.05) is 18.2 Å². The fourth-order valence-electron chi connectivity index (χ4n) is 3.57. The van der Waals surface area contributed by atoms with Crippen LogP contribution in [0, 0.1) is 0 Å². The van der Waals surface area contributed by atoms with Gasteiger partial charge in [-0.05, 0) is 55.9 Å². The van der Waals surface area contributed by atoms with Gasteiger partial charge in [-0.2, -0.15) is 0 Å². The number of fused-ring (bicyclic) bond motifs is 1. The van der Waals surface area contributed by atoms with Crippen LogP contribution in [0.25, 0.3) is 0 Å². The molecule has 136 valence electrons. The number of aryl methyl sites for hydroxylation is 2. The molecule has 0 saturated carbocycles. The molecule has 3 rings (SSSR count). The van der Waals surface area contributed by atoms with Crippen LogP contribution in [0.3, 0.4) is 0 Å². The van der Waals surface area contributed by atoms with Crippen LogP contribution < -0.4 is 5.32 Å². The summed E-state index contributed by atoms with van der Waals surface area (Å²) < 4.78 is 22.9. The van der Waals surface area contributed by atoms with Crippen LogP contribution in [-0.4, -0.2) is 55.8 Å². The molecule has 1 aliphatic heterocycles. The van der Waals surface area contributed by atoms with Crippen molar-refractivity contribution in [1.29, 1.82) is 0 Å². The minimum atomic E-state index is -3.04. The molecule has 1 N–H and O–H groups in total. The molecule has 0 bridgehead atoms. The van der Waals surface area contributed by atoms with E-state index < -0.39 is 9.84 Å². The highest BCUT2D eigenvalue weighted by atomic mass is 32.2. The second-order valence-electron chi connectivity index (χ2n) is 6.82. The molecule has 1 atom stereocenters. The average Bonchev–Trinajstić information content (AvgIpc) is 3.17. The maximum atomic E-state index is 12.7. The summed E-state index contributed by atoms with van der Waals surface area (Å²) >= 11 is 0. The number of carbonyl (C=O) groups excluding carboxylic acids is 2. The van der Waals surface area contributed by atoms with E-state index in [-0.39, 0.29) is 35.9 Å². The van der Waals surface area contributed by atoms with Crippen molar-refractivity contribution in [2.75, 3.05) is 24.6 Å². The molecule has 1 aromatic rings. The molecule has 6 nitrogen and oxygen atoms in total. The molecule has 7 heteroatoms. The third-order valence-electron chi connectivity index (χ3n) is 4.95. The van der Waals surface area contributed by atoms with Gasteiger partial charge < -0.3 is 10.2 Å². The first-order valence-corrected chi connectivity index (χ1v) is 10.6. The fourth-order valence-corrected chi connectivity index (χ4v) is 5.24. The number of rotatable bonds is 5. The predicted molar refractivity (Wildman–Crippen MR) is 95.2 cm³/mol. The van der Waals surface area contributed by atoms with Crippen LogP contribution in [-0.2, 0) is 27.5 Å². The Hall–Kier alpha value is -1.89. The highest BCUT2D eigenvalue weighted by Gasteiger charge is 2.29. The predicted octanol–water partition coefficient (Wildman–Crippen LogP) is 0.941. The van der Waals surface area contributed by atoms with Crippen molar-refractivity contribution in [3.05, 3.63) is 34.9 Å². The summed E-state index contributed by atoms with van der Waals surface area (Å²) in [4.78, 5) is 26.4. The lowest BCUT2D eigenvalue weighted by Gasteiger charge is -2.22. The number of sulfone groups is 1. The van der Waals surface area contributed by atoms with Crippen LogP contribution in [0.2, 0.25) is 0 Å². The first kappa shape index (κ1) is 17.9. The van der Waals surface area contributed by atoms with E-state index in [0.717, 1.165) is 19.3 Å². The van der Waals surface area contributed by atoms with E-state index in [1.54, 1.807) is 0 Å². The van der Waals surface area contributed by atoms with Gasteiger partial charge in [0.2, 0.25) is 5.91 Å². The molecule has 25 heavy (non-hydrogen) atoms. The van der Waals surface area contributed by atoms with Crippen LogP contribution in [0.15, 0.2) is 18.2 Å². The summed E-state index contributed by atoms with van der Waals surface area (Å²) in [5.41, 5.74) is 3.14. The van der Waals surface area contributed by atoms with E-state index in [2.05, 4.69) is 5.32 Å². The third kappa shape index (κ3) is 4.21. The summed E-state index contributed by atoms with van der Waals surface area (Å²) in [6, 6.07) is 5.43. The highest BCUT2D eigenvalue weighted by molar-refractivity contribution is 7.91. The minimum absolute atomic E-state index is 0.0103. The number of likely N-dealkylation sites (N-methyl/N-ethyl adjacent to an activating group) is 1. The Balaban J connectivity index is 1.61. The average molecular weight is 364 g/mol. The summed E-state index contributed by atoms with van der Waals surface area (Å²) in [6.07, 6.45) is 3.63. The van der Waals surface area contributed by atoms with E-state index in [1.165, 1.54) is 16.0 Å². The van der Waals surface area contributed by atoms with Crippen molar-refractivity contribution >= 4 is 21.7 Å². The molecular weight excluding hydrogens is 340 g/mol. The van der Waals surface area contributed by atoms with Crippen molar-refractivity contribution in [1.82, 2.24) is 10.2 Å². The molecule has 1 aromatic carbocycles. The molecule has 1 heterocycles.